The predicted octanol–water partition coefficient (Wildman–Crippen LogP) is 3.85. The Labute approximate surface area is 167 Å². The standard InChI is InChI=1S/C19H18Cl2N4O2/c1-2-11-3-6-13(7-4-11)22-19-24-16(10-17(26)25-19)18(27)23-15-8-5-12(20)9-14(15)21/h3-9,16H,2,10H2,1H3,(H,23,27)(H2,22,24,25,26)/t16-/m0/s1. The number of aliphatic imine (C=N–C) groups is 1. The zero-order valence-electron chi connectivity index (χ0n) is 14.6. The van der Waals surface area contributed by atoms with Gasteiger partial charge in [0.2, 0.25) is 17.8 Å². The lowest BCUT2D eigenvalue weighted by molar-refractivity contribution is -0.124. The van der Waals surface area contributed by atoms with E-state index >= 15 is 0 Å². The van der Waals surface area contributed by atoms with Crippen molar-refractivity contribution >= 4 is 52.4 Å². The summed E-state index contributed by atoms with van der Waals surface area (Å²) < 4.78 is 0. The molecule has 8 heteroatoms. The summed E-state index contributed by atoms with van der Waals surface area (Å²) in [6.45, 7) is 2.07. The molecule has 0 aromatic heterocycles. The number of amides is 2. The normalized spacial score (nSPS) is 16.3. The summed E-state index contributed by atoms with van der Waals surface area (Å²) in [5.41, 5.74) is 2.39. The number of halogens is 2. The first-order valence-electron chi connectivity index (χ1n) is 8.44. The fraction of sp³-hybridized carbons (Fsp3) is 0.211. The van der Waals surface area contributed by atoms with Gasteiger partial charge in [-0.15, -0.1) is 0 Å². The highest BCUT2D eigenvalue weighted by molar-refractivity contribution is 6.36. The minimum absolute atomic E-state index is 0.0446. The Kier molecular flexibility index (Phi) is 5.98. The van der Waals surface area contributed by atoms with E-state index in [1.807, 2.05) is 24.3 Å². The van der Waals surface area contributed by atoms with Crippen LogP contribution in [0.15, 0.2) is 47.5 Å². The molecule has 1 atom stereocenters. The van der Waals surface area contributed by atoms with E-state index < -0.39 is 11.9 Å². The third kappa shape index (κ3) is 4.99. The lowest BCUT2D eigenvalue weighted by atomic mass is 10.1. The Morgan fingerprint density at radius 1 is 1.22 bits per heavy atom. The van der Waals surface area contributed by atoms with Crippen molar-refractivity contribution in [1.82, 2.24) is 5.32 Å². The zero-order chi connectivity index (χ0) is 19.4. The van der Waals surface area contributed by atoms with Crippen LogP contribution in [-0.4, -0.2) is 23.8 Å². The minimum atomic E-state index is -0.858. The Bertz CT molecular complexity index is 897. The Morgan fingerprint density at radius 2 is 1.96 bits per heavy atom. The van der Waals surface area contributed by atoms with Crippen LogP contribution in [0.5, 0.6) is 0 Å². The van der Waals surface area contributed by atoms with Gasteiger partial charge in [0.15, 0.2) is 0 Å². The Balaban J connectivity index is 1.72. The highest BCUT2D eigenvalue weighted by Gasteiger charge is 2.27. The lowest BCUT2D eigenvalue weighted by Gasteiger charge is -2.21. The molecule has 0 unspecified atom stereocenters. The molecule has 1 aliphatic rings. The number of carbonyl (C=O) groups excluding carboxylic acids is 2. The molecule has 0 saturated carbocycles. The van der Waals surface area contributed by atoms with Crippen molar-refractivity contribution in [2.45, 2.75) is 25.8 Å². The second-order valence-electron chi connectivity index (χ2n) is 6.03. The highest BCUT2D eigenvalue weighted by atomic mass is 35.5. The van der Waals surface area contributed by atoms with Crippen LogP contribution in [0.4, 0.5) is 11.4 Å². The van der Waals surface area contributed by atoms with Gasteiger partial charge in [-0.25, -0.2) is 4.99 Å². The molecule has 0 spiro atoms. The van der Waals surface area contributed by atoms with E-state index in [2.05, 4.69) is 27.9 Å². The van der Waals surface area contributed by atoms with E-state index in [9.17, 15) is 9.59 Å². The minimum Gasteiger partial charge on any atom is -0.326 e. The molecule has 140 valence electrons. The smallest absolute Gasteiger partial charge is 0.249 e. The number of rotatable bonds is 4. The van der Waals surface area contributed by atoms with E-state index in [0.29, 0.717) is 15.7 Å². The highest BCUT2D eigenvalue weighted by Crippen LogP contribution is 2.26. The molecule has 2 aromatic carbocycles. The summed E-state index contributed by atoms with van der Waals surface area (Å²) in [5, 5.41) is 9.13. The molecular weight excluding hydrogens is 387 g/mol. The molecule has 2 amide bonds. The molecule has 1 aliphatic heterocycles. The molecule has 1 heterocycles. The average Bonchev–Trinajstić information content (AvgIpc) is 2.64. The summed E-state index contributed by atoms with van der Waals surface area (Å²) in [5.74, 6) is -0.479. The first-order valence-corrected chi connectivity index (χ1v) is 9.19. The van der Waals surface area contributed by atoms with E-state index in [0.717, 1.165) is 12.1 Å². The summed E-state index contributed by atoms with van der Waals surface area (Å²) in [6.07, 6.45) is 0.893. The summed E-state index contributed by atoms with van der Waals surface area (Å²) in [6, 6.07) is 11.7. The average molecular weight is 405 g/mol. The van der Waals surface area contributed by atoms with Crippen molar-refractivity contribution in [2.24, 2.45) is 4.99 Å². The van der Waals surface area contributed by atoms with Crippen molar-refractivity contribution in [1.29, 1.82) is 0 Å². The predicted molar refractivity (Wildman–Crippen MR) is 109 cm³/mol. The third-order valence-electron chi connectivity index (χ3n) is 4.04. The molecule has 0 aliphatic carbocycles. The maximum atomic E-state index is 12.5. The van der Waals surface area contributed by atoms with Crippen LogP contribution in [0.2, 0.25) is 10.0 Å². The number of aryl methyl sites for hydroxylation is 1. The summed E-state index contributed by atoms with van der Waals surface area (Å²) in [4.78, 5) is 28.8. The van der Waals surface area contributed by atoms with E-state index in [1.165, 1.54) is 11.6 Å². The number of anilines is 2. The maximum absolute atomic E-state index is 12.5. The molecule has 0 saturated heterocycles. The van der Waals surface area contributed by atoms with Gasteiger partial charge in [0.25, 0.3) is 0 Å². The van der Waals surface area contributed by atoms with Gasteiger partial charge in [-0.2, -0.15) is 0 Å². The van der Waals surface area contributed by atoms with Crippen LogP contribution in [0.3, 0.4) is 0 Å². The molecule has 6 nitrogen and oxygen atoms in total. The number of carbonyl (C=O) groups is 2. The topological polar surface area (TPSA) is 82.6 Å². The van der Waals surface area contributed by atoms with E-state index in [1.54, 1.807) is 12.1 Å². The number of guanidine groups is 1. The molecular formula is C19H18Cl2N4O2. The van der Waals surface area contributed by atoms with Crippen molar-refractivity contribution in [3.05, 3.63) is 58.1 Å². The second kappa shape index (κ2) is 8.41. The van der Waals surface area contributed by atoms with Crippen LogP contribution < -0.4 is 16.0 Å². The zero-order valence-corrected chi connectivity index (χ0v) is 16.1. The number of hydrogen-bond donors (Lipinski definition) is 3. The first-order chi connectivity index (χ1) is 12.9. The molecule has 2 aromatic rings. The lowest BCUT2D eigenvalue weighted by Crippen LogP contribution is -2.45. The van der Waals surface area contributed by atoms with Crippen LogP contribution in [0.1, 0.15) is 18.9 Å². The van der Waals surface area contributed by atoms with Crippen LogP contribution >= 0.6 is 23.2 Å². The van der Waals surface area contributed by atoms with E-state index in [4.69, 9.17) is 23.2 Å². The van der Waals surface area contributed by atoms with Gasteiger partial charge in [0, 0.05) is 10.7 Å². The SMILES string of the molecule is CCc1ccc(NC2=N[C@H](C(=O)Nc3ccc(Cl)cc3Cl)CC(=O)N2)cc1. The molecule has 0 radical (unpaired) electrons. The number of nitrogens with one attached hydrogen (secondary N) is 3. The van der Waals surface area contributed by atoms with Gasteiger partial charge in [0.05, 0.1) is 17.1 Å². The van der Waals surface area contributed by atoms with Crippen LogP contribution in [-0.2, 0) is 16.0 Å². The van der Waals surface area contributed by atoms with Gasteiger partial charge in [0.1, 0.15) is 6.04 Å². The van der Waals surface area contributed by atoms with Gasteiger partial charge >= 0.3 is 0 Å². The fourth-order valence-corrected chi connectivity index (χ4v) is 3.03. The largest absolute Gasteiger partial charge is 0.326 e. The van der Waals surface area contributed by atoms with Crippen molar-refractivity contribution in [3.8, 4) is 0 Å². The summed E-state index contributed by atoms with van der Waals surface area (Å²) in [7, 11) is 0. The van der Waals surface area contributed by atoms with Gasteiger partial charge in [-0.3, -0.25) is 14.9 Å². The van der Waals surface area contributed by atoms with Gasteiger partial charge in [-0.05, 0) is 42.3 Å². The monoisotopic (exact) mass is 404 g/mol. The van der Waals surface area contributed by atoms with Crippen molar-refractivity contribution in [2.75, 3.05) is 10.6 Å². The Morgan fingerprint density at radius 3 is 2.63 bits per heavy atom. The number of nitrogens with zero attached hydrogens (tertiary/aromatic N) is 1. The Hall–Kier alpha value is -2.57. The van der Waals surface area contributed by atoms with E-state index in [-0.39, 0.29) is 18.3 Å². The molecule has 3 rings (SSSR count). The van der Waals surface area contributed by atoms with Crippen LogP contribution in [0, 0.1) is 0 Å². The van der Waals surface area contributed by atoms with Crippen LogP contribution in [0.25, 0.3) is 0 Å². The van der Waals surface area contributed by atoms with Gasteiger partial charge in [-0.1, -0.05) is 42.3 Å². The molecule has 27 heavy (non-hydrogen) atoms. The number of hydrogen-bond acceptors (Lipinski definition) is 4. The molecule has 3 N–H and O–H groups in total. The number of benzene rings is 2. The maximum Gasteiger partial charge on any atom is 0.249 e. The third-order valence-corrected chi connectivity index (χ3v) is 4.59. The quantitative estimate of drug-likeness (QED) is 0.723. The summed E-state index contributed by atoms with van der Waals surface area (Å²) >= 11 is 11.9. The second-order valence-corrected chi connectivity index (χ2v) is 6.88. The van der Waals surface area contributed by atoms with Gasteiger partial charge < -0.3 is 10.6 Å². The first kappa shape index (κ1) is 19.2. The molecule has 0 bridgehead atoms. The molecule has 0 fully saturated rings. The fourth-order valence-electron chi connectivity index (χ4n) is 2.57. The van der Waals surface area contributed by atoms with Crippen molar-refractivity contribution < 1.29 is 9.59 Å². The van der Waals surface area contributed by atoms with Crippen molar-refractivity contribution in [3.63, 3.8) is 0 Å².